The summed E-state index contributed by atoms with van der Waals surface area (Å²) in [7, 11) is 2.32. The quantitative estimate of drug-likeness (QED) is 0.129. The van der Waals surface area contributed by atoms with Crippen molar-refractivity contribution in [2.24, 2.45) is 11.8 Å². The molecule has 11 nitrogen and oxygen atoms in total. The molecule has 7 rings (SSSR count). The van der Waals surface area contributed by atoms with Crippen LogP contribution in [0.5, 0.6) is 11.5 Å². The van der Waals surface area contributed by atoms with E-state index in [1.54, 1.807) is 41.1 Å². The maximum atomic E-state index is 15.4. The fourth-order valence-corrected chi connectivity index (χ4v) is 8.01. The monoisotopic (exact) mass is 780 g/mol. The second-order valence-electron chi connectivity index (χ2n) is 16.6. The van der Waals surface area contributed by atoms with Crippen LogP contribution in [0.4, 0.5) is 25.1 Å². The number of halogens is 2. The first kappa shape index (κ1) is 39.7. The number of hydrogen-bond acceptors (Lipinski definition) is 7. The van der Waals surface area contributed by atoms with Gasteiger partial charge in [-0.2, -0.15) is 4.39 Å². The first-order valence-electron chi connectivity index (χ1n) is 19.8. The molecule has 2 fully saturated rings. The molecule has 2 aliphatic rings. The minimum Gasteiger partial charge on any atom is -0.454 e. The average Bonchev–Trinajstić information content (AvgIpc) is 3.84. The van der Waals surface area contributed by atoms with Crippen LogP contribution >= 0.6 is 0 Å². The SMILES string of the molecule is CCc1cc(Nc2nccn3c(-c4ccc(Oc5ccccc5)c(F)c4F)cnc23)ccc1C(=O)NCC1CC[N+](C)(CC2CCN(C(=O)OC(C)(C)C)C2)CC1. The van der Waals surface area contributed by atoms with Crippen molar-refractivity contribution in [2.45, 2.75) is 59.0 Å². The molecule has 2 amide bonds. The summed E-state index contributed by atoms with van der Waals surface area (Å²) in [5, 5.41) is 6.51. The summed E-state index contributed by atoms with van der Waals surface area (Å²) in [6, 6.07) is 17.1. The van der Waals surface area contributed by atoms with E-state index in [4.69, 9.17) is 9.47 Å². The van der Waals surface area contributed by atoms with Crippen molar-refractivity contribution in [1.82, 2.24) is 24.6 Å². The fraction of sp³-hybridized carbons (Fsp3) is 0.409. The third kappa shape index (κ3) is 9.20. The highest BCUT2D eigenvalue weighted by atomic mass is 19.2. The Morgan fingerprint density at radius 2 is 1.74 bits per heavy atom. The van der Waals surface area contributed by atoms with E-state index in [9.17, 15) is 9.59 Å². The molecule has 0 bridgehead atoms. The zero-order valence-corrected chi connectivity index (χ0v) is 33.4. The van der Waals surface area contributed by atoms with Crippen LogP contribution in [-0.2, 0) is 11.2 Å². The summed E-state index contributed by atoms with van der Waals surface area (Å²) in [5.74, 6) is -0.768. The molecule has 4 heterocycles. The number of amides is 2. The van der Waals surface area contributed by atoms with Gasteiger partial charge in [-0.1, -0.05) is 25.1 Å². The molecule has 0 spiro atoms. The maximum Gasteiger partial charge on any atom is 0.410 e. The van der Waals surface area contributed by atoms with Gasteiger partial charge in [-0.3, -0.25) is 9.20 Å². The number of quaternary nitrogens is 1. The lowest BCUT2D eigenvalue weighted by Crippen LogP contribution is -2.53. The molecule has 0 radical (unpaired) electrons. The van der Waals surface area contributed by atoms with Crippen molar-refractivity contribution >= 4 is 29.2 Å². The number of benzene rings is 3. The molecule has 57 heavy (non-hydrogen) atoms. The van der Waals surface area contributed by atoms with E-state index < -0.39 is 17.2 Å². The van der Waals surface area contributed by atoms with E-state index in [1.165, 1.54) is 18.3 Å². The molecule has 1 unspecified atom stereocenters. The number of carbonyl (C=O) groups excluding carboxylic acids is 2. The third-order valence-electron chi connectivity index (χ3n) is 11.1. The third-order valence-corrected chi connectivity index (χ3v) is 11.1. The minimum absolute atomic E-state index is 0.0276. The van der Waals surface area contributed by atoms with Gasteiger partial charge in [0.2, 0.25) is 5.82 Å². The van der Waals surface area contributed by atoms with Crippen LogP contribution in [-0.4, -0.2) is 87.7 Å². The number of anilines is 2. The van der Waals surface area contributed by atoms with E-state index in [2.05, 4.69) is 27.6 Å². The van der Waals surface area contributed by atoms with Crippen molar-refractivity contribution in [3.05, 3.63) is 102 Å². The van der Waals surface area contributed by atoms with Gasteiger partial charge in [-0.25, -0.2) is 19.2 Å². The highest BCUT2D eigenvalue weighted by Gasteiger charge is 2.37. The second kappa shape index (κ2) is 16.5. The summed E-state index contributed by atoms with van der Waals surface area (Å²) >= 11 is 0. The highest BCUT2D eigenvalue weighted by Crippen LogP contribution is 2.34. The molecular formula is C44H52F2N7O4+. The second-order valence-corrected chi connectivity index (χ2v) is 16.6. The van der Waals surface area contributed by atoms with Gasteiger partial charge in [-0.05, 0) is 87.6 Å². The van der Waals surface area contributed by atoms with Gasteiger partial charge in [0.1, 0.15) is 11.4 Å². The first-order chi connectivity index (χ1) is 27.3. The average molecular weight is 781 g/mol. The summed E-state index contributed by atoms with van der Waals surface area (Å²) in [5.41, 5.74) is 2.53. The van der Waals surface area contributed by atoms with Crippen LogP contribution in [0.1, 0.15) is 62.9 Å². The molecule has 5 aromatic rings. The molecule has 0 saturated carbocycles. The smallest absolute Gasteiger partial charge is 0.410 e. The number of imidazole rings is 1. The predicted molar refractivity (Wildman–Crippen MR) is 216 cm³/mol. The molecule has 2 saturated heterocycles. The zero-order valence-electron chi connectivity index (χ0n) is 33.4. The van der Waals surface area contributed by atoms with Gasteiger partial charge < -0.3 is 29.5 Å². The van der Waals surface area contributed by atoms with Gasteiger partial charge in [0.25, 0.3) is 5.91 Å². The van der Waals surface area contributed by atoms with E-state index in [0.717, 1.165) is 62.0 Å². The predicted octanol–water partition coefficient (Wildman–Crippen LogP) is 8.62. The molecule has 1 atom stereocenters. The molecule has 2 aliphatic heterocycles. The van der Waals surface area contributed by atoms with Crippen LogP contribution in [0, 0.1) is 23.5 Å². The number of hydrogen-bond donors (Lipinski definition) is 2. The van der Waals surface area contributed by atoms with E-state index in [1.807, 2.05) is 56.9 Å². The van der Waals surface area contributed by atoms with Gasteiger partial charge in [-0.15, -0.1) is 0 Å². The molecule has 0 aliphatic carbocycles. The summed E-state index contributed by atoms with van der Waals surface area (Å²) in [6.07, 6.45) is 8.18. The standard InChI is InChI=1S/C44H51F2N7O4/c1-6-31-24-32(50-40-41-48-26-36(52(41)21-19-47-40)35-14-15-37(39(46)38(35)45)56-33-10-8-7-9-11-33)12-13-34(31)42(54)49-25-29-17-22-53(5,23-18-29)28-30-16-20-51(27-30)43(55)57-44(2,3)4/h7-15,19,21,24,26,29-30H,6,16-18,20,22-23,25,27-28H2,1-5H3,(H-,47,49,50,54)/p+1. The Kier molecular flexibility index (Phi) is 11.5. The number of nitrogens with zero attached hydrogens (tertiary/aromatic N) is 5. The van der Waals surface area contributed by atoms with Crippen LogP contribution < -0.4 is 15.4 Å². The topological polar surface area (TPSA) is 110 Å². The van der Waals surface area contributed by atoms with Crippen molar-refractivity contribution < 1.29 is 32.3 Å². The molecule has 300 valence electrons. The minimum atomic E-state index is -1.10. The lowest BCUT2D eigenvalue weighted by atomic mass is 9.93. The number of aryl methyl sites for hydroxylation is 1. The number of nitrogens with one attached hydrogen (secondary N) is 2. The fourth-order valence-electron chi connectivity index (χ4n) is 8.01. The Labute approximate surface area is 332 Å². The molecule has 2 aromatic heterocycles. The summed E-state index contributed by atoms with van der Waals surface area (Å²) in [4.78, 5) is 36.9. The van der Waals surface area contributed by atoms with Crippen LogP contribution in [0.2, 0.25) is 0 Å². The van der Waals surface area contributed by atoms with Gasteiger partial charge in [0, 0.05) is 67.6 Å². The Hall–Kier alpha value is -5.56. The number of carbonyl (C=O) groups is 2. The van der Waals surface area contributed by atoms with Gasteiger partial charge in [0.15, 0.2) is 23.0 Å². The number of aromatic nitrogens is 3. The molecule has 13 heteroatoms. The van der Waals surface area contributed by atoms with Crippen molar-refractivity contribution in [1.29, 1.82) is 0 Å². The zero-order chi connectivity index (χ0) is 40.3. The lowest BCUT2D eigenvalue weighted by Gasteiger charge is -2.42. The molecule has 3 aromatic carbocycles. The maximum absolute atomic E-state index is 15.4. The van der Waals surface area contributed by atoms with Crippen LogP contribution in [0.25, 0.3) is 16.9 Å². The molecule has 2 N–H and O–H groups in total. The van der Waals surface area contributed by atoms with Crippen molar-refractivity contribution in [3.63, 3.8) is 0 Å². The van der Waals surface area contributed by atoms with Crippen LogP contribution in [0.3, 0.4) is 0 Å². The van der Waals surface area contributed by atoms with E-state index in [0.29, 0.717) is 59.0 Å². The van der Waals surface area contributed by atoms with E-state index >= 15 is 8.78 Å². The van der Waals surface area contributed by atoms with Gasteiger partial charge in [0.05, 0.1) is 38.6 Å². The largest absolute Gasteiger partial charge is 0.454 e. The van der Waals surface area contributed by atoms with Crippen molar-refractivity contribution in [2.75, 3.05) is 51.6 Å². The number of likely N-dealkylation sites (tertiary alicyclic amines) is 2. The Morgan fingerprint density at radius 1 is 0.965 bits per heavy atom. The van der Waals surface area contributed by atoms with Gasteiger partial charge >= 0.3 is 6.09 Å². The number of piperidine rings is 1. The Bertz CT molecular complexity index is 2230. The normalized spacial score (nSPS) is 19.7. The number of rotatable bonds is 11. The van der Waals surface area contributed by atoms with Crippen molar-refractivity contribution in [3.8, 4) is 22.8 Å². The Morgan fingerprint density at radius 3 is 2.47 bits per heavy atom. The summed E-state index contributed by atoms with van der Waals surface area (Å²) in [6.45, 7) is 13.0. The van der Waals surface area contributed by atoms with Crippen LogP contribution in [0.15, 0.2) is 79.3 Å². The Balaban J connectivity index is 0.945. The summed E-state index contributed by atoms with van der Waals surface area (Å²) < 4.78 is 44.4. The molecular weight excluding hydrogens is 729 g/mol. The van der Waals surface area contributed by atoms with E-state index in [-0.39, 0.29) is 23.3 Å². The number of fused-ring (bicyclic) bond motifs is 1. The number of para-hydroxylation sites is 1. The first-order valence-corrected chi connectivity index (χ1v) is 19.8. The highest BCUT2D eigenvalue weighted by molar-refractivity contribution is 5.96. The lowest BCUT2D eigenvalue weighted by molar-refractivity contribution is -0.918. The number of ether oxygens (including phenoxy) is 2.